The predicted octanol–water partition coefficient (Wildman–Crippen LogP) is 3.74. The lowest BCUT2D eigenvalue weighted by Gasteiger charge is -2.08. The molecule has 0 unspecified atom stereocenters. The van der Waals surface area contributed by atoms with Crippen LogP contribution in [0, 0.1) is 11.3 Å². The zero-order valence-corrected chi connectivity index (χ0v) is 11.3. The Labute approximate surface area is 120 Å². The van der Waals surface area contributed by atoms with Gasteiger partial charge < -0.3 is 5.73 Å². The van der Waals surface area contributed by atoms with Crippen LogP contribution in [0.3, 0.4) is 0 Å². The van der Waals surface area contributed by atoms with Crippen LogP contribution in [-0.4, -0.2) is 4.98 Å². The fraction of sp³-hybridized carbons (Fsp3) is 0. The van der Waals surface area contributed by atoms with Crippen molar-refractivity contribution in [2.75, 3.05) is 0 Å². The quantitative estimate of drug-likeness (QED) is 0.857. The summed E-state index contributed by atoms with van der Waals surface area (Å²) in [4.78, 5) is 3.91. The molecule has 1 heterocycles. The van der Waals surface area contributed by atoms with Crippen LogP contribution in [0.25, 0.3) is 11.3 Å². The van der Waals surface area contributed by atoms with Gasteiger partial charge in [-0.05, 0) is 35.9 Å². The van der Waals surface area contributed by atoms with Gasteiger partial charge in [-0.25, -0.2) is 0 Å². The van der Waals surface area contributed by atoms with E-state index in [2.05, 4.69) is 11.1 Å². The number of nitrogens with zero attached hydrogens (tertiary/aromatic N) is 2. The third kappa shape index (κ3) is 2.87. The van der Waals surface area contributed by atoms with Crippen LogP contribution in [0.4, 0.5) is 0 Å². The summed E-state index contributed by atoms with van der Waals surface area (Å²) in [7, 11) is 0. The molecule has 0 bridgehead atoms. The lowest BCUT2D eigenvalue weighted by Crippen LogP contribution is -2.01. The van der Waals surface area contributed by atoms with Crippen molar-refractivity contribution in [1.29, 1.82) is 5.26 Å². The largest absolute Gasteiger partial charge is 0.397 e. The van der Waals surface area contributed by atoms with E-state index in [1.54, 1.807) is 42.7 Å². The zero-order valence-electron chi connectivity index (χ0n) is 9.77. The molecular weight excluding hydrogens is 281 g/mol. The Hall–Kier alpha value is -2.02. The van der Waals surface area contributed by atoms with E-state index >= 15 is 0 Å². The van der Waals surface area contributed by atoms with Crippen molar-refractivity contribution in [3.63, 3.8) is 0 Å². The highest BCUT2D eigenvalue weighted by molar-refractivity contribution is 6.36. The van der Waals surface area contributed by atoms with E-state index in [4.69, 9.17) is 28.9 Å². The number of hydrogen-bond acceptors (Lipinski definition) is 3. The molecule has 0 fully saturated rings. The summed E-state index contributed by atoms with van der Waals surface area (Å²) in [5.74, 6) is 0. The molecule has 0 saturated heterocycles. The molecule has 0 aliphatic heterocycles. The van der Waals surface area contributed by atoms with E-state index < -0.39 is 0 Å². The highest BCUT2D eigenvalue weighted by Crippen LogP contribution is 2.29. The topological polar surface area (TPSA) is 62.7 Å². The van der Waals surface area contributed by atoms with Gasteiger partial charge in [0.2, 0.25) is 0 Å². The molecule has 1 aromatic carbocycles. The molecule has 2 N–H and O–H groups in total. The lowest BCUT2D eigenvalue weighted by molar-refractivity contribution is 1.32. The summed E-state index contributed by atoms with van der Waals surface area (Å²) in [6.45, 7) is 0. The van der Waals surface area contributed by atoms with Crippen LogP contribution in [0.1, 0.15) is 11.1 Å². The molecule has 0 aliphatic carbocycles. The summed E-state index contributed by atoms with van der Waals surface area (Å²) in [6.07, 6.45) is 3.20. The Bertz CT molecular complexity index is 673. The molecular formula is C14H9Cl2N3. The number of rotatable bonds is 2. The van der Waals surface area contributed by atoms with Crippen LogP contribution in [-0.2, 0) is 0 Å². The number of pyridine rings is 1. The second kappa shape index (κ2) is 5.75. The van der Waals surface area contributed by atoms with E-state index in [9.17, 15) is 5.26 Å². The van der Waals surface area contributed by atoms with Gasteiger partial charge in [-0.2, -0.15) is 5.26 Å². The van der Waals surface area contributed by atoms with Crippen molar-refractivity contribution in [1.82, 2.24) is 4.98 Å². The highest BCUT2D eigenvalue weighted by atomic mass is 35.5. The third-order valence-corrected chi connectivity index (χ3v) is 3.12. The number of hydrogen-bond donors (Lipinski definition) is 1. The molecule has 0 aliphatic rings. The Kier molecular flexibility index (Phi) is 4.06. The Morgan fingerprint density at radius 2 is 1.84 bits per heavy atom. The highest BCUT2D eigenvalue weighted by Gasteiger charge is 2.11. The number of halogens is 2. The summed E-state index contributed by atoms with van der Waals surface area (Å²) >= 11 is 11.9. The monoisotopic (exact) mass is 289 g/mol. The zero-order chi connectivity index (χ0) is 13.8. The number of aromatic nitrogens is 1. The average Bonchev–Trinajstić information content (AvgIpc) is 2.40. The maximum absolute atomic E-state index is 9.28. The summed E-state index contributed by atoms with van der Waals surface area (Å²) in [6, 6.07) is 10.5. The van der Waals surface area contributed by atoms with Gasteiger partial charge in [-0.15, -0.1) is 0 Å². The number of allylic oxidation sites excluding steroid dienone is 1. The molecule has 2 rings (SSSR count). The minimum atomic E-state index is 0.315. The van der Waals surface area contributed by atoms with E-state index in [1.165, 1.54) is 0 Å². The van der Waals surface area contributed by atoms with Crippen LogP contribution in [0.2, 0.25) is 10.0 Å². The van der Waals surface area contributed by atoms with Gasteiger partial charge in [0.15, 0.2) is 0 Å². The molecule has 94 valence electrons. The van der Waals surface area contributed by atoms with Crippen molar-refractivity contribution < 1.29 is 0 Å². The first-order valence-electron chi connectivity index (χ1n) is 5.39. The molecule has 0 atom stereocenters. The molecule has 1 aromatic heterocycles. The van der Waals surface area contributed by atoms with Crippen molar-refractivity contribution in [2.45, 2.75) is 0 Å². The van der Waals surface area contributed by atoms with E-state index in [0.717, 1.165) is 0 Å². The van der Waals surface area contributed by atoms with Gasteiger partial charge in [0.05, 0.1) is 16.3 Å². The average molecular weight is 290 g/mol. The van der Waals surface area contributed by atoms with E-state index in [1.807, 2.05) is 0 Å². The van der Waals surface area contributed by atoms with Crippen molar-refractivity contribution in [3.05, 3.63) is 63.9 Å². The van der Waals surface area contributed by atoms with Gasteiger partial charge in [-0.3, -0.25) is 4.98 Å². The standard InChI is InChI=1S/C14H9Cl2N3/c15-10-1-2-11(13(16)7-10)14(18)12(8-17)9-3-5-19-6-4-9/h1-7H,18H2/b14-12-. The fourth-order valence-electron chi connectivity index (χ4n) is 1.64. The molecule has 0 spiro atoms. The second-order valence-electron chi connectivity index (χ2n) is 3.76. The summed E-state index contributed by atoms with van der Waals surface area (Å²) < 4.78 is 0. The van der Waals surface area contributed by atoms with Crippen LogP contribution in [0.15, 0.2) is 42.7 Å². The van der Waals surface area contributed by atoms with Crippen molar-refractivity contribution in [2.24, 2.45) is 5.73 Å². The minimum Gasteiger partial charge on any atom is -0.397 e. The number of nitriles is 1. The van der Waals surface area contributed by atoms with Gasteiger partial charge >= 0.3 is 0 Å². The Morgan fingerprint density at radius 3 is 2.42 bits per heavy atom. The number of nitrogens with two attached hydrogens (primary N) is 1. The fourth-order valence-corrected chi connectivity index (χ4v) is 2.15. The van der Waals surface area contributed by atoms with Crippen LogP contribution < -0.4 is 5.73 Å². The SMILES string of the molecule is N#C/C(=C(/N)c1ccc(Cl)cc1Cl)c1ccncc1. The predicted molar refractivity (Wildman–Crippen MR) is 77.3 cm³/mol. The van der Waals surface area contributed by atoms with Crippen molar-refractivity contribution in [3.8, 4) is 6.07 Å². The first-order valence-corrected chi connectivity index (χ1v) is 6.14. The maximum atomic E-state index is 9.28. The first kappa shape index (κ1) is 13.4. The number of benzene rings is 1. The molecule has 0 saturated carbocycles. The second-order valence-corrected chi connectivity index (χ2v) is 4.60. The molecule has 3 nitrogen and oxygen atoms in total. The summed E-state index contributed by atoms with van der Waals surface area (Å²) in [5, 5.41) is 10.2. The van der Waals surface area contributed by atoms with Crippen LogP contribution in [0.5, 0.6) is 0 Å². The van der Waals surface area contributed by atoms with Gasteiger partial charge in [-0.1, -0.05) is 23.2 Å². The molecule has 19 heavy (non-hydrogen) atoms. The first-order chi connectivity index (χ1) is 9.13. The summed E-state index contributed by atoms with van der Waals surface area (Å²) in [5.41, 5.74) is 7.99. The lowest BCUT2D eigenvalue weighted by atomic mass is 10.0. The molecule has 0 amide bonds. The van der Waals surface area contributed by atoms with E-state index in [-0.39, 0.29) is 0 Å². The normalized spacial score (nSPS) is 11.6. The Balaban J connectivity index is 2.59. The molecule has 0 radical (unpaired) electrons. The van der Waals surface area contributed by atoms with Gasteiger partial charge in [0.25, 0.3) is 0 Å². The van der Waals surface area contributed by atoms with Gasteiger partial charge in [0, 0.05) is 23.0 Å². The Morgan fingerprint density at radius 1 is 1.16 bits per heavy atom. The molecule has 5 heteroatoms. The minimum absolute atomic E-state index is 0.315. The maximum Gasteiger partial charge on any atom is 0.102 e. The van der Waals surface area contributed by atoms with Crippen LogP contribution >= 0.6 is 23.2 Å². The smallest absolute Gasteiger partial charge is 0.102 e. The van der Waals surface area contributed by atoms with E-state index in [0.29, 0.717) is 32.4 Å². The molecule has 2 aromatic rings. The van der Waals surface area contributed by atoms with Crippen molar-refractivity contribution >= 4 is 34.5 Å². The van der Waals surface area contributed by atoms with Gasteiger partial charge in [0.1, 0.15) is 6.07 Å². The third-order valence-electron chi connectivity index (χ3n) is 2.57.